The Morgan fingerprint density at radius 2 is 2.15 bits per heavy atom. The van der Waals surface area contributed by atoms with Gasteiger partial charge in [0.2, 0.25) is 0 Å². The summed E-state index contributed by atoms with van der Waals surface area (Å²) in [4.78, 5) is 16.2. The van der Waals surface area contributed by atoms with Crippen molar-refractivity contribution in [3.63, 3.8) is 0 Å². The van der Waals surface area contributed by atoms with Crippen LogP contribution in [0.1, 0.15) is 25.3 Å². The third-order valence-corrected chi connectivity index (χ3v) is 3.89. The number of methoxy groups -OCH3 is 1. The van der Waals surface area contributed by atoms with Crippen molar-refractivity contribution in [1.29, 1.82) is 0 Å². The lowest BCUT2D eigenvalue weighted by molar-refractivity contribution is -0.0370. The lowest BCUT2D eigenvalue weighted by Crippen LogP contribution is -2.40. The molecule has 1 heterocycles. The first-order valence-corrected chi connectivity index (χ1v) is 8.91. The van der Waals surface area contributed by atoms with Gasteiger partial charge < -0.3 is 19.5 Å². The fourth-order valence-corrected chi connectivity index (χ4v) is 2.48. The number of carbonyl (C=O) groups excluding carboxylic acids is 1. The second-order valence-corrected chi connectivity index (χ2v) is 6.02. The summed E-state index contributed by atoms with van der Waals surface area (Å²) < 4.78 is 17.5. The second-order valence-electron chi connectivity index (χ2n) is 6.02. The zero-order valence-electron chi connectivity index (χ0n) is 15.8. The van der Waals surface area contributed by atoms with Gasteiger partial charge in [0.05, 0.1) is 18.9 Å². The number of ether oxygens (including phenoxy) is 3. The molecule has 7 nitrogen and oxygen atoms in total. The van der Waals surface area contributed by atoms with Gasteiger partial charge in [-0.3, -0.25) is 4.57 Å². The van der Waals surface area contributed by atoms with Crippen molar-refractivity contribution < 1.29 is 19.0 Å². The molecule has 0 radical (unpaired) electrons. The maximum absolute atomic E-state index is 12.3. The number of amides is 1. The molecule has 1 aromatic heterocycles. The minimum absolute atomic E-state index is 0.174. The maximum Gasteiger partial charge on any atom is 0.327 e. The van der Waals surface area contributed by atoms with E-state index in [1.54, 1.807) is 25.8 Å². The lowest BCUT2D eigenvalue weighted by Gasteiger charge is -2.20. The molecule has 0 spiro atoms. The summed E-state index contributed by atoms with van der Waals surface area (Å²) in [6.07, 6.45) is 7.83. The number of nitrogens with zero attached hydrogens (tertiary/aromatic N) is 2. The molecule has 146 valence electrons. The largest absolute Gasteiger partial charge is 0.497 e. The molecule has 2 aromatic rings. The first-order chi connectivity index (χ1) is 13.2. The number of rotatable bonds is 11. The van der Waals surface area contributed by atoms with Crippen molar-refractivity contribution in [2.45, 2.75) is 32.4 Å². The Morgan fingerprint density at radius 1 is 1.33 bits per heavy atom. The number of hydrogen-bond acceptors (Lipinski definition) is 5. The highest BCUT2D eigenvalue weighted by atomic mass is 16.7. The first-order valence-electron chi connectivity index (χ1n) is 8.91. The molecule has 2 rings (SSSR count). The van der Waals surface area contributed by atoms with Crippen LogP contribution >= 0.6 is 0 Å². The van der Waals surface area contributed by atoms with Gasteiger partial charge in [0.1, 0.15) is 19.7 Å². The van der Waals surface area contributed by atoms with E-state index in [2.05, 4.69) is 17.2 Å². The minimum atomic E-state index is -0.251. The highest BCUT2D eigenvalue weighted by Crippen LogP contribution is 2.12. The molecule has 1 aromatic carbocycles. The number of imidazole rings is 1. The summed E-state index contributed by atoms with van der Waals surface area (Å²) in [5, 5.41) is 2.96. The van der Waals surface area contributed by atoms with Crippen LogP contribution in [0.5, 0.6) is 0 Å². The van der Waals surface area contributed by atoms with Crippen molar-refractivity contribution in [1.82, 2.24) is 14.9 Å². The van der Waals surface area contributed by atoms with Crippen LogP contribution in [0, 0.1) is 0 Å². The summed E-state index contributed by atoms with van der Waals surface area (Å²) >= 11 is 0. The third kappa shape index (κ3) is 7.64. The number of nitrogens with one attached hydrogen (secondary N) is 1. The highest BCUT2D eigenvalue weighted by molar-refractivity contribution is 5.76. The molecule has 1 N–H and O–H groups in total. The standard InChI is InChI=1S/C20H27N3O4/c1-3-17(12-26-13-18-7-5-4-6-8-18)11-19(14-27-16-25-2)22-20(24)23-10-9-21-15-23/h4-10,12,15,19H,3,11,13-14,16H2,1-2H3,(H,22,24)/b17-12+/t19-/m1/s1. The fraction of sp³-hybridized carbons (Fsp3) is 0.400. The summed E-state index contributed by atoms with van der Waals surface area (Å²) in [5.41, 5.74) is 2.19. The van der Waals surface area contributed by atoms with Gasteiger partial charge in [-0.25, -0.2) is 9.78 Å². The fourth-order valence-electron chi connectivity index (χ4n) is 2.48. The van der Waals surface area contributed by atoms with Crippen LogP contribution in [0.2, 0.25) is 0 Å². The van der Waals surface area contributed by atoms with E-state index in [4.69, 9.17) is 14.2 Å². The van der Waals surface area contributed by atoms with Gasteiger partial charge in [-0.1, -0.05) is 37.3 Å². The van der Waals surface area contributed by atoms with Gasteiger partial charge >= 0.3 is 6.03 Å². The predicted octanol–water partition coefficient (Wildman–Crippen LogP) is 3.33. The molecule has 1 atom stereocenters. The Bertz CT molecular complexity index is 687. The van der Waals surface area contributed by atoms with Crippen LogP contribution in [0.4, 0.5) is 4.79 Å². The number of benzene rings is 1. The lowest BCUT2D eigenvalue weighted by atomic mass is 10.1. The minimum Gasteiger partial charge on any atom is -0.497 e. The van der Waals surface area contributed by atoms with Gasteiger partial charge in [0.25, 0.3) is 0 Å². The Hall–Kier alpha value is -2.64. The van der Waals surface area contributed by atoms with E-state index < -0.39 is 0 Å². The van der Waals surface area contributed by atoms with E-state index in [9.17, 15) is 4.79 Å². The van der Waals surface area contributed by atoms with Gasteiger partial charge in [-0.15, -0.1) is 0 Å². The summed E-state index contributed by atoms with van der Waals surface area (Å²) in [5.74, 6) is 0. The van der Waals surface area contributed by atoms with Crippen molar-refractivity contribution in [2.75, 3.05) is 20.5 Å². The average Bonchev–Trinajstić information content (AvgIpc) is 3.23. The molecule has 0 fully saturated rings. The Kier molecular flexibility index (Phi) is 9.09. The van der Waals surface area contributed by atoms with Crippen LogP contribution in [-0.4, -0.2) is 42.1 Å². The molecular formula is C20H27N3O4. The molecule has 0 unspecified atom stereocenters. The summed E-state index contributed by atoms with van der Waals surface area (Å²) in [6.45, 7) is 3.08. The molecule has 0 saturated carbocycles. The smallest absolute Gasteiger partial charge is 0.327 e. The first kappa shape index (κ1) is 20.7. The normalized spacial score (nSPS) is 12.6. The molecule has 27 heavy (non-hydrogen) atoms. The zero-order valence-corrected chi connectivity index (χ0v) is 15.8. The van der Waals surface area contributed by atoms with Crippen molar-refractivity contribution in [3.8, 4) is 0 Å². The van der Waals surface area contributed by atoms with Crippen molar-refractivity contribution >= 4 is 6.03 Å². The molecule has 1 amide bonds. The molecule has 0 saturated heterocycles. The molecular weight excluding hydrogens is 346 g/mol. The Labute approximate surface area is 160 Å². The number of aromatic nitrogens is 2. The molecule has 0 aliphatic heterocycles. The molecule has 0 aliphatic rings. The SMILES string of the molecule is CC/C(=C\OCc1ccccc1)C[C@H](COCOC)NC(=O)n1ccnc1. The Morgan fingerprint density at radius 3 is 2.81 bits per heavy atom. The molecule has 0 bridgehead atoms. The van der Waals surface area contributed by atoms with Crippen LogP contribution < -0.4 is 5.32 Å². The van der Waals surface area contributed by atoms with Gasteiger partial charge in [0, 0.05) is 19.5 Å². The second kappa shape index (κ2) is 11.9. The van der Waals surface area contributed by atoms with Gasteiger partial charge in [-0.2, -0.15) is 0 Å². The van der Waals surface area contributed by atoms with Crippen LogP contribution in [0.15, 0.2) is 60.9 Å². The zero-order chi connectivity index (χ0) is 19.3. The maximum atomic E-state index is 12.3. The van der Waals surface area contributed by atoms with E-state index in [1.807, 2.05) is 30.3 Å². The monoisotopic (exact) mass is 373 g/mol. The number of carbonyl (C=O) groups is 1. The highest BCUT2D eigenvalue weighted by Gasteiger charge is 2.15. The van der Waals surface area contributed by atoms with E-state index in [-0.39, 0.29) is 18.9 Å². The third-order valence-electron chi connectivity index (χ3n) is 3.89. The van der Waals surface area contributed by atoms with Crippen LogP contribution in [0.25, 0.3) is 0 Å². The molecule has 7 heteroatoms. The van der Waals surface area contributed by atoms with Crippen LogP contribution in [-0.2, 0) is 20.8 Å². The predicted molar refractivity (Wildman–Crippen MR) is 102 cm³/mol. The molecule has 0 aliphatic carbocycles. The van der Waals surface area contributed by atoms with E-state index in [0.29, 0.717) is 19.6 Å². The topological polar surface area (TPSA) is 74.6 Å². The van der Waals surface area contributed by atoms with E-state index in [1.165, 1.54) is 10.9 Å². The van der Waals surface area contributed by atoms with E-state index in [0.717, 1.165) is 17.6 Å². The quantitative estimate of drug-likeness (QED) is 0.371. The van der Waals surface area contributed by atoms with E-state index >= 15 is 0 Å². The Balaban J connectivity index is 1.93. The van der Waals surface area contributed by atoms with Gasteiger partial charge in [0.15, 0.2) is 0 Å². The average molecular weight is 373 g/mol. The van der Waals surface area contributed by atoms with Crippen molar-refractivity contribution in [2.24, 2.45) is 0 Å². The summed E-state index contributed by atoms with van der Waals surface area (Å²) in [6, 6.07) is 9.53. The van der Waals surface area contributed by atoms with Crippen molar-refractivity contribution in [3.05, 3.63) is 66.5 Å². The number of hydrogen-bond donors (Lipinski definition) is 1. The van der Waals surface area contributed by atoms with Crippen LogP contribution in [0.3, 0.4) is 0 Å². The van der Waals surface area contributed by atoms with Gasteiger partial charge in [-0.05, 0) is 24.0 Å². The summed E-state index contributed by atoms with van der Waals surface area (Å²) in [7, 11) is 1.56.